The number of thiophene rings is 1. The lowest BCUT2D eigenvalue weighted by Gasteiger charge is -2.29. The van der Waals surface area contributed by atoms with Crippen LogP contribution in [0.15, 0.2) is 63.3 Å². The van der Waals surface area contributed by atoms with Gasteiger partial charge >= 0.3 is 0 Å². The van der Waals surface area contributed by atoms with E-state index in [0.717, 1.165) is 52.8 Å². The van der Waals surface area contributed by atoms with E-state index in [4.69, 9.17) is 21.1 Å². The highest BCUT2D eigenvalue weighted by atomic mass is 79.9. The second-order valence-electron chi connectivity index (χ2n) is 8.41. The molecule has 9 heteroatoms. The Morgan fingerprint density at radius 3 is 2.47 bits per heavy atom. The number of sulfonamides is 1. The molecule has 0 unspecified atom stereocenters. The van der Waals surface area contributed by atoms with E-state index in [-0.39, 0.29) is 9.23 Å². The Labute approximate surface area is 218 Å². The zero-order valence-corrected chi connectivity index (χ0v) is 22.9. The molecule has 0 saturated heterocycles. The van der Waals surface area contributed by atoms with Gasteiger partial charge in [-0.1, -0.05) is 76.3 Å². The van der Waals surface area contributed by atoms with Gasteiger partial charge in [-0.25, -0.2) is 8.42 Å². The van der Waals surface area contributed by atoms with E-state index in [0.29, 0.717) is 29.8 Å². The molecule has 1 aliphatic rings. The fourth-order valence-electron chi connectivity index (χ4n) is 4.13. The number of halogens is 2. The number of nitrogens with zero attached hydrogens (tertiary/aromatic N) is 1. The van der Waals surface area contributed by atoms with Crippen LogP contribution in [-0.4, -0.2) is 26.4 Å². The van der Waals surface area contributed by atoms with Crippen LogP contribution < -0.4 is 9.47 Å². The van der Waals surface area contributed by atoms with E-state index >= 15 is 0 Å². The lowest BCUT2D eigenvalue weighted by molar-refractivity contribution is 0.275. The molecule has 182 valence electrons. The SMILES string of the molecule is COc1ccc(CN(CC2CCCCC2)S(=O)(=O)c2cc(Cl)c(Oc3cccc(Br)c3)s2)cc1. The zero-order valence-electron chi connectivity index (χ0n) is 18.9. The van der Waals surface area contributed by atoms with Crippen molar-refractivity contribution in [3.05, 3.63) is 69.7 Å². The van der Waals surface area contributed by atoms with Crippen LogP contribution in [-0.2, 0) is 16.6 Å². The normalized spacial score (nSPS) is 14.9. The van der Waals surface area contributed by atoms with Crippen LogP contribution in [0.1, 0.15) is 37.7 Å². The van der Waals surface area contributed by atoms with E-state index in [9.17, 15) is 8.42 Å². The van der Waals surface area contributed by atoms with Crippen molar-refractivity contribution in [3.63, 3.8) is 0 Å². The van der Waals surface area contributed by atoms with Crippen molar-refractivity contribution in [2.75, 3.05) is 13.7 Å². The van der Waals surface area contributed by atoms with Crippen LogP contribution in [0.4, 0.5) is 0 Å². The molecule has 4 rings (SSSR count). The lowest BCUT2D eigenvalue weighted by atomic mass is 9.89. The van der Waals surface area contributed by atoms with Crippen LogP contribution in [0.5, 0.6) is 16.6 Å². The van der Waals surface area contributed by atoms with Crippen molar-refractivity contribution in [2.24, 2.45) is 5.92 Å². The van der Waals surface area contributed by atoms with E-state index in [1.165, 1.54) is 12.5 Å². The third-order valence-electron chi connectivity index (χ3n) is 5.94. The Hall–Kier alpha value is -1.58. The molecule has 1 saturated carbocycles. The van der Waals surface area contributed by atoms with Gasteiger partial charge in [0.1, 0.15) is 15.7 Å². The minimum absolute atomic E-state index is 0.187. The third kappa shape index (κ3) is 6.34. The van der Waals surface area contributed by atoms with Gasteiger partial charge in [0.25, 0.3) is 10.0 Å². The van der Waals surface area contributed by atoms with Crippen LogP contribution in [0, 0.1) is 5.92 Å². The summed E-state index contributed by atoms with van der Waals surface area (Å²) in [6.07, 6.45) is 5.62. The monoisotopic (exact) mass is 583 g/mol. The van der Waals surface area contributed by atoms with Crippen molar-refractivity contribution >= 4 is 48.9 Å². The van der Waals surface area contributed by atoms with Gasteiger partial charge in [-0.2, -0.15) is 4.31 Å². The zero-order chi connectivity index (χ0) is 24.1. The molecule has 1 aliphatic carbocycles. The Kier molecular flexibility index (Phi) is 8.58. The molecule has 2 aromatic carbocycles. The first kappa shape index (κ1) is 25.5. The summed E-state index contributed by atoms with van der Waals surface area (Å²) in [7, 11) is -2.16. The van der Waals surface area contributed by atoms with Crippen LogP contribution in [0.25, 0.3) is 0 Å². The molecule has 0 bridgehead atoms. The number of rotatable bonds is 9. The summed E-state index contributed by atoms with van der Waals surface area (Å²) in [5, 5.41) is 0.644. The van der Waals surface area contributed by atoms with E-state index < -0.39 is 10.0 Å². The molecule has 0 atom stereocenters. The standard InChI is InChI=1S/C25H27BrClNO4S2/c1-31-21-12-10-19(11-13-21)17-28(16-18-6-3-2-4-7-18)34(29,30)24-15-23(27)25(33-24)32-22-9-5-8-20(26)14-22/h5,8-15,18H,2-4,6-7,16-17H2,1H3. The second kappa shape index (κ2) is 11.4. The Morgan fingerprint density at radius 1 is 1.06 bits per heavy atom. The molecule has 1 heterocycles. The summed E-state index contributed by atoms with van der Waals surface area (Å²) < 4.78 is 41.4. The fraction of sp³-hybridized carbons (Fsp3) is 0.360. The summed E-state index contributed by atoms with van der Waals surface area (Å²) in [5.74, 6) is 1.68. The van der Waals surface area contributed by atoms with Gasteiger partial charge in [0.2, 0.25) is 5.06 Å². The first-order valence-electron chi connectivity index (χ1n) is 11.2. The lowest BCUT2D eigenvalue weighted by Crippen LogP contribution is -2.35. The second-order valence-corrected chi connectivity index (χ2v) is 12.9. The average Bonchev–Trinajstić information content (AvgIpc) is 3.20. The third-order valence-corrected chi connectivity index (χ3v) is 10.1. The Bertz CT molecular complexity index is 1210. The van der Waals surface area contributed by atoms with Crippen molar-refractivity contribution in [2.45, 2.75) is 42.9 Å². The molecule has 34 heavy (non-hydrogen) atoms. The minimum Gasteiger partial charge on any atom is -0.497 e. The van der Waals surface area contributed by atoms with E-state index in [2.05, 4.69) is 15.9 Å². The van der Waals surface area contributed by atoms with E-state index in [1.54, 1.807) is 17.5 Å². The van der Waals surface area contributed by atoms with Gasteiger partial charge < -0.3 is 9.47 Å². The van der Waals surface area contributed by atoms with Gasteiger partial charge in [0, 0.05) is 17.6 Å². The van der Waals surface area contributed by atoms with Gasteiger partial charge in [-0.05, 0) is 60.7 Å². The van der Waals surface area contributed by atoms with Gasteiger partial charge in [-0.3, -0.25) is 0 Å². The molecule has 3 aromatic rings. The van der Waals surface area contributed by atoms with Gasteiger partial charge in [0.05, 0.1) is 12.1 Å². The van der Waals surface area contributed by atoms with Crippen molar-refractivity contribution in [3.8, 4) is 16.6 Å². The molecular weight excluding hydrogens is 558 g/mol. The topological polar surface area (TPSA) is 55.8 Å². The maximum Gasteiger partial charge on any atom is 0.253 e. The molecule has 0 aliphatic heterocycles. The number of hydrogen-bond donors (Lipinski definition) is 0. The van der Waals surface area contributed by atoms with E-state index in [1.807, 2.05) is 42.5 Å². The molecular formula is C25H27BrClNO4S2. The Morgan fingerprint density at radius 2 is 1.79 bits per heavy atom. The first-order valence-corrected chi connectivity index (χ1v) is 14.6. The number of ether oxygens (including phenoxy) is 2. The maximum atomic E-state index is 13.8. The molecule has 5 nitrogen and oxygen atoms in total. The van der Waals surface area contributed by atoms with Gasteiger partial charge in [0.15, 0.2) is 0 Å². The Balaban J connectivity index is 1.60. The van der Waals surface area contributed by atoms with Gasteiger partial charge in [-0.15, -0.1) is 0 Å². The quantitative estimate of drug-likeness (QED) is 0.258. The molecule has 0 radical (unpaired) electrons. The molecule has 1 aromatic heterocycles. The van der Waals surface area contributed by atoms with Crippen molar-refractivity contribution in [1.29, 1.82) is 0 Å². The average molecular weight is 585 g/mol. The first-order chi connectivity index (χ1) is 16.3. The largest absolute Gasteiger partial charge is 0.497 e. The highest BCUT2D eigenvalue weighted by Gasteiger charge is 2.31. The maximum absolute atomic E-state index is 13.8. The predicted molar refractivity (Wildman–Crippen MR) is 141 cm³/mol. The summed E-state index contributed by atoms with van der Waals surface area (Å²) in [5.41, 5.74) is 0.911. The van der Waals surface area contributed by atoms with Crippen molar-refractivity contribution in [1.82, 2.24) is 4.31 Å². The summed E-state index contributed by atoms with van der Waals surface area (Å²) in [6, 6.07) is 16.4. The minimum atomic E-state index is -3.77. The highest BCUT2D eigenvalue weighted by molar-refractivity contribution is 9.10. The molecule has 0 N–H and O–H groups in total. The van der Waals surface area contributed by atoms with Crippen LogP contribution >= 0.6 is 38.9 Å². The van der Waals surface area contributed by atoms with Crippen molar-refractivity contribution < 1.29 is 17.9 Å². The molecule has 1 fully saturated rings. The summed E-state index contributed by atoms with van der Waals surface area (Å²) in [6.45, 7) is 0.784. The fourth-order valence-corrected chi connectivity index (χ4v) is 7.77. The number of benzene rings is 2. The summed E-state index contributed by atoms with van der Waals surface area (Å²) in [4.78, 5) is 0. The van der Waals surface area contributed by atoms with Crippen LogP contribution in [0.3, 0.4) is 0 Å². The highest BCUT2D eigenvalue weighted by Crippen LogP contribution is 2.41. The van der Waals surface area contributed by atoms with Crippen LogP contribution in [0.2, 0.25) is 5.02 Å². The predicted octanol–water partition coefficient (Wildman–Crippen LogP) is 7.74. The smallest absolute Gasteiger partial charge is 0.253 e. The molecule has 0 amide bonds. The number of hydrogen-bond acceptors (Lipinski definition) is 5. The number of methoxy groups -OCH3 is 1. The molecule has 0 spiro atoms. The summed E-state index contributed by atoms with van der Waals surface area (Å²) >= 11 is 10.9.